The van der Waals surface area contributed by atoms with Gasteiger partial charge < -0.3 is 19.3 Å². The highest BCUT2D eigenvalue weighted by Crippen LogP contribution is 2.66. The number of para-hydroxylation sites is 5. The van der Waals surface area contributed by atoms with Gasteiger partial charge in [-0.05, 0) is 162 Å². The summed E-state index contributed by atoms with van der Waals surface area (Å²) in [5, 5.41) is 2.40. The molecule has 0 saturated heterocycles. The smallest absolute Gasteiger partial charge is 0.316 e. The van der Waals surface area contributed by atoms with Crippen molar-refractivity contribution in [2.75, 3.05) is 21.3 Å². The van der Waals surface area contributed by atoms with E-state index in [2.05, 4.69) is 243 Å². The Kier molecular flexibility index (Phi) is 9.98. The van der Waals surface area contributed by atoms with Gasteiger partial charge in [0.05, 0.1) is 28.1 Å². The summed E-state index contributed by atoms with van der Waals surface area (Å²) in [7, 11) is 0. The molecule has 6 aromatic carbocycles. The van der Waals surface area contributed by atoms with Gasteiger partial charge in [-0.25, -0.2) is 4.98 Å². The quantitative estimate of drug-likeness (QED) is 0.149. The maximum atomic E-state index is 6.96. The third-order valence-corrected chi connectivity index (χ3v) is 17.8. The van der Waals surface area contributed by atoms with Crippen molar-refractivity contribution in [2.24, 2.45) is 23.7 Å². The first-order chi connectivity index (χ1) is 35.4. The van der Waals surface area contributed by atoms with Crippen LogP contribution >= 0.6 is 0 Å². The lowest BCUT2D eigenvalue weighted by Crippen LogP contribution is -2.60. The second-order valence-corrected chi connectivity index (χ2v) is 24.1. The van der Waals surface area contributed by atoms with E-state index in [0.717, 1.165) is 45.9 Å². The largest absolute Gasteiger partial charge is 0.457 e. The van der Waals surface area contributed by atoms with E-state index in [0.29, 0.717) is 18.5 Å². The minimum Gasteiger partial charge on any atom is -0.457 e. The first-order valence-electron chi connectivity index (χ1n) is 26.9. The maximum absolute atomic E-state index is 6.96. The average Bonchev–Trinajstić information content (AvgIpc) is 3.94. The van der Waals surface area contributed by atoms with Gasteiger partial charge >= 0.3 is 6.85 Å². The van der Waals surface area contributed by atoms with Crippen LogP contribution in [0.15, 0.2) is 182 Å². The van der Waals surface area contributed by atoms with Crippen LogP contribution in [0.25, 0.3) is 33.7 Å². The molecule has 0 unspecified atom stereocenters. The van der Waals surface area contributed by atoms with Crippen LogP contribution in [-0.2, 0) is 16.2 Å². The first-order valence-corrected chi connectivity index (χ1v) is 26.9. The van der Waals surface area contributed by atoms with Gasteiger partial charge in [-0.15, -0.1) is 0 Å². The Balaban J connectivity index is 0.841. The standard InChI is InChI=1S/C66H64BN5O/c1-64(2,3)54-20-14-21-55(65(4,5)6)63(54)70-42-69(58-24-11-12-25-59(58)70)49-17-13-18-50(40-49)73-51-27-28-53-52-19-8-10-23-57(52)72(60(53)41-51)62-39-46(30-32-68-62)66(47-35-43-34-44(37-47)38-48(66)36-43)61-26-15-33-71-56-22-9-7-16-45(56)29-31-67(61)71/h7-33,39-41,43-44,47-48H,34-38,42H2,1-6H3. The number of fused-ring (bicyclic) bond motifs is 7. The Bertz CT molecular complexity index is 3560. The van der Waals surface area contributed by atoms with E-state index in [1.165, 1.54) is 87.9 Å². The van der Waals surface area contributed by atoms with E-state index in [1.807, 2.05) is 0 Å². The number of allylic oxidation sites excluding steroid dienone is 3. The molecule has 8 aromatic rings. The summed E-state index contributed by atoms with van der Waals surface area (Å²) in [4.78, 5) is 12.8. The van der Waals surface area contributed by atoms with Crippen LogP contribution in [0.5, 0.6) is 11.5 Å². The Morgan fingerprint density at radius 3 is 2.01 bits per heavy atom. The van der Waals surface area contributed by atoms with Crippen LogP contribution in [-0.4, -0.2) is 23.1 Å². The topological polar surface area (TPSA) is 36.8 Å². The zero-order chi connectivity index (χ0) is 49.4. The van der Waals surface area contributed by atoms with Crippen molar-refractivity contribution in [1.29, 1.82) is 0 Å². The third kappa shape index (κ3) is 6.94. The number of nitrogens with zero attached hydrogens (tertiary/aromatic N) is 5. The summed E-state index contributed by atoms with van der Waals surface area (Å²) in [6, 6.07) is 53.5. The van der Waals surface area contributed by atoms with Crippen molar-refractivity contribution in [1.82, 2.24) is 9.55 Å². The highest BCUT2D eigenvalue weighted by molar-refractivity contribution is 6.77. The molecule has 0 N–H and O–H groups in total. The third-order valence-electron chi connectivity index (χ3n) is 17.8. The molecule has 4 fully saturated rings. The van der Waals surface area contributed by atoms with Crippen molar-refractivity contribution in [3.63, 3.8) is 0 Å². The van der Waals surface area contributed by atoms with Gasteiger partial charge in [0.2, 0.25) is 0 Å². The molecule has 0 spiro atoms. The van der Waals surface area contributed by atoms with E-state index in [4.69, 9.17) is 9.72 Å². The molecule has 0 amide bonds. The molecule has 4 bridgehead atoms. The van der Waals surface area contributed by atoms with Gasteiger partial charge in [-0.1, -0.05) is 138 Å². The van der Waals surface area contributed by atoms with Gasteiger partial charge in [-0.2, -0.15) is 0 Å². The van der Waals surface area contributed by atoms with Crippen LogP contribution < -0.4 is 19.3 Å². The lowest BCUT2D eigenvalue weighted by Gasteiger charge is -2.63. The van der Waals surface area contributed by atoms with Gasteiger partial charge in [0, 0.05) is 45.9 Å². The fraction of sp³-hybridized carbons (Fsp3) is 0.288. The molecule has 7 aliphatic rings. The van der Waals surface area contributed by atoms with E-state index in [-0.39, 0.29) is 23.1 Å². The molecule has 0 radical (unpaired) electrons. The molecule has 6 nitrogen and oxygen atoms in total. The summed E-state index contributed by atoms with van der Waals surface area (Å²) in [6.45, 7) is 14.8. The monoisotopic (exact) mass is 954 g/mol. The summed E-state index contributed by atoms with van der Waals surface area (Å²) >= 11 is 0. The van der Waals surface area contributed by atoms with Crippen molar-refractivity contribution >= 4 is 63.2 Å². The molecular weight excluding hydrogens is 890 g/mol. The summed E-state index contributed by atoms with van der Waals surface area (Å²) in [5.74, 6) is 7.90. The number of rotatable bonds is 7. The lowest BCUT2D eigenvalue weighted by atomic mass is 9.33. The Morgan fingerprint density at radius 1 is 0.603 bits per heavy atom. The van der Waals surface area contributed by atoms with Crippen molar-refractivity contribution in [2.45, 2.75) is 89.9 Å². The normalized spacial score (nSPS) is 22.8. The van der Waals surface area contributed by atoms with Gasteiger partial charge in [-0.3, -0.25) is 4.57 Å². The molecule has 362 valence electrons. The fourth-order valence-corrected chi connectivity index (χ4v) is 15.1. The summed E-state index contributed by atoms with van der Waals surface area (Å²) < 4.78 is 9.35. The minimum atomic E-state index is -0.0921. The minimum absolute atomic E-state index is 0.0388. The molecule has 7 heteroatoms. The van der Waals surface area contributed by atoms with Gasteiger partial charge in [0.25, 0.3) is 0 Å². The maximum Gasteiger partial charge on any atom is 0.316 e. The Hall–Kier alpha value is -7.25. The van der Waals surface area contributed by atoms with E-state index in [9.17, 15) is 0 Å². The highest BCUT2D eigenvalue weighted by atomic mass is 16.5. The molecule has 15 rings (SSSR count). The molecule has 3 aliphatic heterocycles. The van der Waals surface area contributed by atoms with Crippen LogP contribution in [0.2, 0.25) is 0 Å². The van der Waals surface area contributed by atoms with E-state index in [1.54, 1.807) is 5.47 Å². The second-order valence-electron chi connectivity index (χ2n) is 24.1. The number of hydrogen-bond donors (Lipinski definition) is 0. The fourth-order valence-electron chi connectivity index (χ4n) is 15.1. The average molecular weight is 954 g/mol. The second kappa shape index (κ2) is 16.4. The number of pyridine rings is 1. The summed E-state index contributed by atoms with van der Waals surface area (Å²) in [6.07, 6.45) is 18.3. The van der Waals surface area contributed by atoms with Crippen LogP contribution in [0.4, 0.5) is 28.4 Å². The number of benzene rings is 6. The number of aromatic nitrogens is 2. The van der Waals surface area contributed by atoms with Crippen molar-refractivity contribution in [3.8, 4) is 17.3 Å². The molecule has 4 aliphatic carbocycles. The predicted octanol–water partition coefficient (Wildman–Crippen LogP) is 16.6. The number of ether oxygens (including phenoxy) is 1. The number of hydrogen-bond acceptors (Lipinski definition) is 5. The Labute approximate surface area is 431 Å². The molecule has 0 atom stereocenters. The molecule has 4 saturated carbocycles. The molecule has 5 heterocycles. The van der Waals surface area contributed by atoms with E-state index < -0.39 is 0 Å². The van der Waals surface area contributed by atoms with Crippen molar-refractivity contribution < 1.29 is 4.74 Å². The molecule has 2 aromatic heterocycles. The zero-order valence-electron chi connectivity index (χ0n) is 43.1. The van der Waals surface area contributed by atoms with Crippen LogP contribution in [0, 0.1) is 23.7 Å². The van der Waals surface area contributed by atoms with Gasteiger partial charge in [0.1, 0.15) is 24.0 Å². The van der Waals surface area contributed by atoms with Crippen LogP contribution in [0.3, 0.4) is 0 Å². The zero-order valence-corrected chi connectivity index (χ0v) is 43.1. The highest BCUT2D eigenvalue weighted by Gasteiger charge is 2.61. The van der Waals surface area contributed by atoms with Crippen LogP contribution in [0.1, 0.15) is 95.9 Å². The molecule has 73 heavy (non-hydrogen) atoms. The first kappa shape index (κ1) is 44.5. The lowest BCUT2D eigenvalue weighted by molar-refractivity contribution is -0.0408. The van der Waals surface area contributed by atoms with E-state index >= 15 is 0 Å². The molecular formula is C66H64BN5O. The SMILES string of the molecule is CC(C)(C)c1cccc(C(C)(C)C)c1N1CN(c2cccc(Oc3ccc4c5ccccc5n(-c5cc(C6(C7=CC=CN8B7C=Cc7ccccc78)C7CC8CC(C7)CC6C8)ccn5)c4c3)c2)c2ccccc21. The van der Waals surface area contributed by atoms with Gasteiger partial charge in [0.15, 0.2) is 0 Å². The number of anilines is 5. The Morgan fingerprint density at radius 2 is 1.26 bits per heavy atom. The van der Waals surface area contributed by atoms with Crippen molar-refractivity contribution in [3.05, 3.63) is 204 Å². The summed E-state index contributed by atoms with van der Waals surface area (Å²) in [5.41, 5.74) is 15.1. The predicted molar refractivity (Wildman–Crippen MR) is 304 cm³/mol.